The molecule has 2 nitrogen and oxygen atoms in total. The van der Waals surface area contributed by atoms with Gasteiger partial charge in [0.05, 0.1) is 0 Å². The molecule has 1 unspecified atom stereocenters. The molecule has 1 rings (SSSR count). The lowest BCUT2D eigenvalue weighted by Crippen LogP contribution is -2.34. The lowest BCUT2D eigenvalue weighted by molar-refractivity contribution is 0.0935. The molecule has 0 radical (unpaired) electrons. The van der Waals surface area contributed by atoms with Crippen LogP contribution in [0.4, 0.5) is 4.39 Å². The maximum atomic E-state index is 13.1. The van der Waals surface area contributed by atoms with E-state index in [1.807, 2.05) is 6.92 Å². The van der Waals surface area contributed by atoms with Crippen LogP contribution < -0.4 is 5.32 Å². The molecule has 0 aliphatic carbocycles. The third-order valence-corrected chi connectivity index (χ3v) is 3.16. The van der Waals surface area contributed by atoms with Gasteiger partial charge in [0.25, 0.3) is 5.91 Å². The number of rotatable bonds is 5. The van der Waals surface area contributed by atoms with E-state index in [-0.39, 0.29) is 17.8 Å². The van der Waals surface area contributed by atoms with E-state index in [4.69, 9.17) is 0 Å². The Kier molecular flexibility index (Phi) is 5.62. The number of carbonyl (C=O) groups excluding carboxylic acids is 1. The summed E-state index contributed by atoms with van der Waals surface area (Å²) in [7, 11) is 0. The third-order valence-electron chi connectivity index (χ3n) is 2.71. The first-order valence-electron chi connectivity index (χ1n) is 5.71. The molecule has 1 N–H and O–H groups in total. The number of hydrogen-bond acceptors (Lipinski definition) is 1. The molecule has 94 valence electrons. The van der Waals surface area contributed by atoms with E-state index in [1.54, 1.807) is 13.0 Å². The summed E-state index contributed by atoms with van der Waals surface area (Å²) >= 11 is 3.36. The van der Waals surface area contributed by atoms with E-state index in [1.165, 1.54) is 12.1 Å². The van der Waals surface area contributed by atoms with Crippen LogP contribution in [0.25, 0.3) is 0 Å². The van der Waals surface area contributed by atoms with Crippen molar-refractivity contribution in [1.82, 2.24) is 5.32 Å². The molecule has 0 fully saturated rings. The minimum atomic E-state index is -0.283. The third kappa shape index (κ3) is 4.11. The Morgan fingerprint density at radius 3 is 2.76 bits per heavy atom. The molecule has 1 atom stereocenters. The summed E-state index contributed by atoms with van der Waals surface area (Å²) in [5, 5.41) is 3.79. The van der Waals surface area contributed by atoms with Crippen molar-refractivity contribution in [2.45, 2.75) is 32.7 Å². The zero-order chi connectivity index (χ0) is 12.8. The van der Waals surface area contributed by atoms with E-state index < -0.39 is 0 Å². The Morgan fingerprint density at radius 2 is 2.24 bits per heavy atom. The van der Waals surface area contributed by atoms with Gasteiger partial charge in [0.1, 0.15) is 5.82 Å². The van der Waals surface area contributed by atoms with Gasteiger partial charge >= 0.3 is 0 Å². The average molecular weight is 302 g/mol. The number of amides is 1. The first-order chi connectivity index (χ1) is 8.08. The smallest absolute Gasteiger partial charge is 0.251 e. The summed E-state index contributed by atoms with van der Waals surface area (Å²) in [6.07, 6.45) is 1.78. The van der Waals surface area contributed by atoms with Crippen molar-refractivity contribution in [3.05, 3.63) is 35.1 Å². The molecule has 17 heavy (non-hydrogen) atoms. The standard InChI is InChI=1S/C13H17BrFNO/c1-3-11(6-7-14)16-13(17)10-4-5-12(15)9(2)8-10/h4-5,8,11H,3,6-7H2,1-2H3,(H,16,17). The highest BCUT2D eigenvalue weighted by Crippen LogP contribution is 2.10. The van der Waals surface area contributed by atoms with E-state index in [9.17, 15) is 9.18 Å². The maximum absolute atomic E-state index is 13.1. The quantitative estimate of drug-likeness (QED) is 0.830. The summed E-state index contributed by atoms with van der Waals surface area (Å²) in [5.41, 5.74) is 1.00. The van der Waals surface area contributed by atoms with Crippen LogP contribution in [-0.2, 0) is 0 Å². The van der Waals surface area contributed by atoms with Gasteiger partial charge in [0.15, 0.2) is 0 Å². The van der Waals surface area contributed by atoms with Crippen molar-refractivity contribution in [1.29, 1.82) is 0 Å². The second-order valence-electron chi connectivity index (χ2n) is 4.02. The largest absolute Gasteiger partial charge is 0.349 e. The molecule has 0 heterocycles. The number of halogens is 2. The Labute approximate surface area is 110 Å². The molecule has 1 aromatic carbocycles. The number of benzene rings is 1. The van der Waals surface area contributed by atoms with Gasteiger partial charge in [0, 0.05) is 16.9 Å². The van der Waals surface area contributed by atoms with Gasteiger partial charge in [0.2, 0.25) is 0 Å². The van der Waals surface area contributed by atoms with Crippen LogP contribution in [0, 0.1) is 12.7 Å². The number of aryl methyl sites for hydroxylation is 1. The van der Waals surface area contributed by atoms with E-state index in [2.05, 4.69) is 21.2 Å². The normalized spacial score (nSPS) is 12.2. The van der Waals surface area contributed by atoms with E-state index in [0.29, 0.717) is 11.1 Å². The van der Waals surface area contributed by atoms with Crippen LogP contribution >= 0.6 is 15.9 Å². The topological polar surface area (TPSA) is 29.1 Å². The molecule has 0 saturated heterocycles. The van der Waals surface area contributed by atoms with Crippen molar-refractivity contribution >= 4 is 21.8 Å². The first kappa shape index (κ1) is 14.2. The van der Waals surface area contributed by atoms with Crippen LogP contribution in [0.5, 0.6) is 0 Å². The molecule has 0 aliphatic rings. The lowest BCUT2D eigenvalue weighted by Gasteiger charge is -2.15. The molecular formula is C13H17BrFNO. The van der Waals surface area contributed by atoms with Crippen LogP contribution in [0.2, 0.25) is 0 Å². The Bertz CT molecular complexity index is 395. The minimum absolute atomic E-state index is 0.138. The molecule has 0 spiro atoms. The number of carbonyl (C=O) groups is 1. The van der Waals surface area contributed by atoms with E-state index in [0.717, 1.165) is 18.2 Å². The van der Waals surface area contributed by atoms with Gasteiger partial charge in [-0.2, -0.15) is 0 Å². The Hall–Kier alpha value is -0.900. The minimum Gasteiger partial charge on any atom is -0.349 e. The summed E-state index contributed by atoms with van der Waals surface area (Å²) in [5.74, 6) is -0.421. The SMILES string of the molecule is CCC(CCBr)NC(=O)c1ccc(F)c(C)c1. The van der Waals surface area contributed by atoms with Gasteiger partial charge in [-0.05, 0) is 43.5 Å². The van der Waals surface area contributed by atoms with Gasteiger partial charge in [-0.25, -0.2) is 4.39 Å². The second kappa shape index (κ2) is 6.74. The highest BCUT2D eigenvalue weighted by Gasteiger charge is 2.12. The summed E-state index contributed by atoms with van der Waals surface area (Å²) < 4.78 is 13.1. The molecule has 0 bridgehead atoms. The highest BCUT2D eigenvalue weighted by molar-refractivity contribution is 9.09. The summed E-state index contributed by atoms with van der Waals surface area (Å²) in [6, 6.07) is 4.58. The van der Waals surface area contributed by atoms with Crippen LogP contribution in [0.3, 0.4) is 0 Å². The van der Waals surface area contributed by atoms with Gasteiger partial charge in [-0.15, -0.1) is 0 Å². The molecule has 4 heteroatoms. The van der Waals surface area contributed by atoms with Crippen LogP contribution in [0.15, 0.2) is 18.2 Å². The maximum Gasteiger partial charge on any atom is 0.251 e. The average Bonchev–Trinajstić information content (AvgIpc) is 2.31. The predicted octanol–water partition coefficient (Wildman–Crippen LogP) is 3.43. The summed E-state index contributed by atoms with van der Waals surface area (Å²) in [6.45, 7) is 3.69. The van der Waals surface area contributed by atoms with Crippen molar-refractivity contribution in [3.8, 4) is 0 Å². The lowest BCUT2D eigenvalue weighted by atomic mass is 10.1. The zero-order valence-electron chi connectivity index (χ0n) is 10.1. The molecule has 0 saturated carbocycles. The Morgan fingerprint density at radius 1 is 1.53 bits per heavy atom. The van der Waals surface area contributed by atoms with Crippen LogP contribution in [-0.4, -0.2) is 17.3 Å². The number of hydrogen-bond donors (Lipinski definition) is 1. The molecule has 1 aromatic rings. The van der Waals surface area contributed by atoms with Gasteiger partial charge in [-0.1, -0.05) is 22.9 Å². The van der Waals surface area contributed by atoms with Crippen LogP contribution in [0.1, 0.15) is 35.7 Å². The van der Waals surface area contributed by atoms with Gasteiger partial charge < -0.3 is 5.32 Å². The fraction of sp³-hybridized carbons (Fsp3) is 0.462. The fourth-order valence-electron chi connectivity index (χ4n) is 1.56. The van der Waals surface area contributed by atoms with Crippen molar-refractivity contribution in [3.63, 3.8) is 0 Å². The molecular weight excluding hydrogens is 285 g/mol. The Balaban J connectivity index is 2.72. The summed E-state index contributed by atoms with van der Waals surface area (Å²) in [4.78, 5) is 11.9. The monoisotopic (exact) mass is 301 g/mol. The molecule has 0 aliphatic heterocycles. The fourth-order valence-corrected chi connectivity index (χ4v) is 2.12. The zero-order valence-corrected chi connectivity index (χ0v) is 11.7. The number of nitrogens with one attached hydrogen (secondary N) is 1. The molecule has 0 aromatic heterocycles. The number of alkyl halides is 1. The predicted molar refractivity (Wildman–Crippen MR) is 71.1 cm³/mol. The van der Waals surface area contributed by atoms with E-state index >= 15 is 0 Å². The van der Waals surface area contributed by atoms with Gasteiger partial charge in [-0.3, -0.25) is 4.79 Å². The van der Waals surface area contributed by atoms with Crippen molar-refractivity contribution in [2.75, 3.05) is 5.33 Å². The molecule has 1 amide bonds. The first-order valence-corrected chi connectivity index (χ1v) is 6.83. The second-order valence-corrected chi connectivity index (χ2v) is 4.81. The van der Waals surface area contributed by atoms with Crippen molar-refractivity contribution < 1.29 is 9.18 Å². The highest BCUT2D eigenvalue weighted by atomic mass is 79.9. The van der Waals surface area contributed by atoms with Crippen molar-refractivity contribution in [2.24, 2.45) is 0 Å².